The molecule has 0 saturated heterocycles. The number of carboxylic acid groups (broad SMARTS) is 1. The fourth-order valence-corrected chi connectivity index (χ4v) is 1.63. The number of benzene rings is 1. The average Bonchev–Trinajstić information content (AvgIpc) is 2.74. The Labute approximate surface area is 109 Å². The Hall–Kier alpha value is -2.44. The van der Waals surface area contributed by atoms with E-state index in [2.05, 4.69) is 15.4 Å². The zero-order valence-electron chi connectivity index (χ0n) is 10.7. The lowest BCUT2D eigenvalue weighted by atomic mass is 10.1. The summed E-state index contributed by atoms with van der Waals surface area (Å²) in [4.78, 5) is 11.5. The lowest BCUT2D eigenvalue weighted by Gasteiger charge is -2.07. The van der Waals surface area contributed by atoms with E-state index in [-0.39, 0.29) is 13.2 Å². The van der Waals surface area contributed by atoms with Crippen LogP contribution < -0.4 is 4.74 Å². The quantitative estimate of drug-likeness (QED) is 0.862. The van der Waals surface area contributed by atoms with Crippen LogP contribution in [0.5, 0.6) is 5.75 Å². The van der Waals surface area contributed by atoms with Crippen molar-refractivity contribution < 1.29 is 14.6 Å². The molecular formula is C12H14N4O3. The molecule has 7 heteroatoms. The zero-order valence-corrected chi connectivity index (χ0v) is 10.7. The molecule has 0 unspecified atom stereocenters. The van der Waals surface area contributed by atoms with Gasteiger partial charge in [0, 0.05) is 0 Å². The van der Waals surface area contributed by atoms with Gasteiger partial charge in [-0.05, 0) is 30.7 Å². The Morgan fingerprint density at radius 3 is 2.89 bits per heavy atom. The van der Waals surface area contributed by atoms with E-state index in [1.807, 2.05) is 32.0 Å². The minimum absolute atomic E-state index is 0.156. The second kappa shape index (κ2) is 5.47. The molecule has 0 radical (unpaired) electrons. The fourth-order valence-electron chi connectivity index (χ4n) is 1.63. The molecule has 2 aromatic rings. The predicted molar refractivity (Wildman–Crippen MR) is 65.7 cm³/mol. The predicted octanol–water partition coefficient (Wildman–Crippen LogP) is 0.954. The van der Waals surface area contributed by atoms with E-state index in [1.165, 1.54) is 0 Å². The van der Waals surface area contributed by atoms with E-state index < -0.39 is 5.97 Å². The van der Waals surface area contributed by atoms with Crippen LogP contribution in [-0.2, 0) is 17.9 Å². The highest BCUT2D eigenvalue weighted by Gasteiger charge is 2.07. The number of ether oxygens (including phenoxy) is 1. The lowest BCUT2D eigenvalue weighted by Crippen LogP contribution is -2.12. The minimum Gasteiger partial charge on any atom is -0.485 e. The van der Waals surface area contributed by atoms with Gasteiger partial charge >= 0.3 is 5.97 Å². The standard InChI is InChI=1S/C12H14N4O3/c1-8-3-4-10(9(2)5-8)19-7-11-13-15-16(14-11)6-12(17)18/h3-5H,6-7H2,1-2H3,(H,17,18). The Bertz CT molecular complexity index is 594. The van der Waals surface area contributed by atoms with Gasteiger partial charge in [0.1, 0.15) is 5.75 Å². The fraction of sp³-hybridized carbons (Fsp3) is 0.333. The van der Waals surface area contributed by atoms with E-state index in [9.17, 15) is 4.79 Å². The van der Waals surface area contributed by atoms with Crippen LogP contribution >= 0.6 is 0 Å². The van der Waals surface area contributed by atoms with E-state index >= 15 is 0 Å². The van der Waals surface area contributed by atoms with E-state index in [0.29, 0.717) is 5.82 Å². The summed E-state index contributed by atoms with van der Waals surface area (Å²) in [5.41, 5.74) is 2.19. The van der Waals surface area contributed by atoms with Gasteiger partial charge in [0.2, 0.25) is 5.82 Å². The number of hydrogen-bond donors (Lipinski definition) is 1. The van der Waals surface area contributed by atoms with Gasteiger partial charge in [0.25, 0.3) is 0 Å². The van der Waals surface area contributed by atoms with Crippen LogP contribution in [0.1, 0.15) is 17.0 Å². The number of carbonyl (C=O) groups is 1. The van der Waals surface area contributed by atoms with Crippen molar-refractivity contribution >= 4 is 5.97 Å². The molecule has 100 valence electrons. The van der Waals surface area contributed by atoms with Gasteiger partial charge in [-0.2, -0.15) is 4.80 Å². The maximum absolute atomic E-state index is 10.5. The number of aromatic nitrogens is 4. The number of nitrogens with zero attached hydrogens (tertiary/aromatic N) is 4. The van der Waals surface area contributed by atoms with Gasteiger partial charge in [-0.3, -0.25) is 4.79 Å². The van der Waals surface area contributed by atoms with Gasteiger partial charge in [-0.15, -0.1) is 10.2 Å². The number of carboxylic acids is 1. The van der Waals surface area contributed by atoms with Crippen molar-refractivity contribution in [1.29, 1.82) is 0 Å². The highest BCUT2D eigenvalue weighted by atomic mass is 16.5. The summed E-state index contributed by atoms with van der Waals surface area (Å²) >= 11 is 0. The molecule has 0 saturated carbocycles. The third kappa shape index (κ3) is 3.51. The third-order valence-corrected chi connectivity index (χ3v) is 2.46. The molecule has 0 fully saturated rings. The van der Waals surface area contributed by atoms with Gasteiger partial charge in [0.15, 0.2) is 13.2 Å². The molecule has 1 N–H and O–H groups in total. The van der Waals surface area contributed by atoms with Gasteiger partial charge in [-0.1, -0.05) is 17.7 Å². The molecule has 19 heavy (non-hydrogen) atoms. The molecule has 0 aliphatic rings. The molecule has 1 heterocycles. The molecule has 0 aliphatic heterocycles. The molecule has 0 spiro atoms. The number of rotatable bonds is 5. The highest BCUT2D eigenvalue weighted by Crippen LogP contribution is 2.19. The Kier molecular flexibility index (Phi) is 3.74. The number of tetrazole rings is 1. The molecular weight excluding hydrogens is 248 g/mol. The topological polar surface area (TPSA) is 90.1 Å². The van der Waals surface area contributed by atoms with E-state index in [4.69, 9.17) is 9.84 Å². The molecule has 0 atom stereocenters. The maximum atomic E-state index is 10.5. The highest BCUT2D eigenvalue weighted by molar-refractivity contribution is 5.66. The molecule has 1 aromatic heterocycles. The summed E-state index contributed by atoms with van der Waals surface area (Å²) in [7, 11) is 0. The summed E-state index contributed by atoms with van der Waals surface area (Å²) in [5, 5.41) is 19.8. The maximum Gasteiger partial charge on any atom is 0.327 e. The average molecular weight is 262 g/mol. The molecule has 0 amide bonds. The second-order valence-electron chi connectivity index (χ2n) is 4.19. The minimum atomic E-state index is -1.01. The summed E-state index contributed by atoms with van der Waals surface area (Å²) in [6.45, 7) is 3.81. The monoisotopic (exact) mass is 262 g/mol. The first-order valence-electron chi connectivity index (χ1n) is 5.73. The summed E-state index contributed by atoms with van der Waals surface area (Å²) < 4.78 is 5.57. The number of aliphatic carboxylic acids is 1. The van der Waals surface area contributed by atoms with Crippen LogP contribution in [0.25, 0.3) is 0 Å². The van der Waals surface area contributed by atoms with Crippen molar-refractivity contribution in [2.75, 3.05) is 0 Å². The molecule has 0 aliphatic carbocycles. The third-order valence-electron chi connectivity index (χ3n) is 2.46. The first-order valence-corrected chi connectivity index (χ1v) is 5.73. The van der Waals surface area contributed by atoms with Crippen molar-refractivity contribution in [3.8, 4) is 5.75 Å². The van der Waals surface area contributed by atoms with Crippen LogP contribution in [0, 0.1) is 13.8 Å². The van der Waals surface area contributed by atoms with Crippen LogP contribution in [0.3, 0.4) is 0 Å². The Morgan fingerprint density at radius 1 is 1.42 bits per heavy atom. The van der Waals surface area contributed by atoms with Gasteiger partial charge in [-0.25, -0.2) is 0 Å². The Balaban J connectivity index is 1.98. The smallest absolute Gasteiger partial charge is 0.327 e. The summed E-state index contributed by atoms with van der Waals surface area (Å²) in [5.74, 6) is 0.0839. The molecule has 7 nitrogen and oxygen atoms in total. The van der Waals surface area contributed by atoms with Crippen LogP contribution in [0.15, 0.2) is 18.2 Å². The Morgan fingerprint density at radius 2 is 2.21 bits per heavy atom. The van der Waals surface area contributed by atoms with Crippen LogP contribution in [0.2, 0.25) is 0 Å². The van der Waals surface area contributed by atoms with E-state index in [0.717, 1.165) is 21.7 Å². The first kappa shape index (κ1) is 13.0. The SMILES string of the molecule is Cc1ccc(OCc2nnn(CC(=O)O)n2)c(C)c1. The van der Waals surface area contributed by atoms with Gasteiger partial charge < -0.3 is 9.84 Å². The largest absolute Gasteiger partial charge is 0.485 e. The summed E-state index contributed by atoms with van der Waals surface area (Å²) in [6, 6.07) is 5.85. The van der Waals surface area contributed by atoms with Crippen LogP contribution in [0.4, 0.5) is 0 Å². The lowest BCUT2D eigenvalue weighted by molar-refractivity contribution is -0.138. The summed E-state index contributed by atoms with van der Waals surface area (Å²) in [6.07, 6.45) is 0. The normalized spacial score (nSPS) is 10.4. The molecule has 1 aromatic carbocycles. The molecule has 2 rings (SSSR count). The van der Waals surface area contributed by atoms with Crippen molar-refractivity contribution in [3.05, 3.63) is 35.2 Å². The van der Waals surface area contributed by atoms with Crippen molar-refractivity contribution in [3.63, 3.8) is 0 Å². The van der Waals surface area contributed by atoms with E-state index in [1.54, 1.807) is 0 Å². The van der Waals surface area contributed by atoms with Gasteiger partial charge in [0.05, 0.1) is 0 Å². The zero-order chi connectivity index (χ0) is 13.8. The second-order valence-corrected chi connectivity index (χ2v) is 4.19. The molecule has 0 bridgehead atoms. The van der Waals surface area contributed by atoms with Crippen molar-refractivity contribution in [1.82, 2.24) is 20.2 Å². The van der Waals surface area contributed by atoms with Crippen molar-refractivity contribution in [2.45, 2.75) is 27.0 Å². The first-order chi connectivity index (χ1) is 9.04. The van der Waals surface area contributed by atoms with Crippen molar-refractivity contribution in [2.24, 2.45) is 0 Å². The number of hydrogen-bond acceptors (Lipinski definition) is 5. The number of aryl methyl sites for hydroxylation is 2. The van der Waals surface area contributed by atoms with Crippen LogP contribution in [-0.4, -0.2) is 31.3 Å².